The van der Waals surface area contributed by atoms with E-state index in [-0.39, 0.29) is 81.9 Å². The smallest absolute Gasteiger partial charge is 0.246 e. The van der Waals surface area contributed by atoms with Gasteiger partial charge in [0.25, 0.3) is 0 Å². The third-order valence-electron chi connectivity index (χ3n) is 18.1. The van der Waals surface area contributed by atoms with Gasteiger partial charge in [-0.1, -0.05) is 50.2 Å². The average Bonchev–Trinajstić information content (AvgIpc) is 1.59. The molecule has 8 atom stereocenters. The summed E-state index contributed by atoms with van der Waals surface area (Å²) in [6.45, 7) is 5.03. The minimum atomic E-state index is -1.52. The predicted molar refractivity (Wildman–Crippen MR) is 369 cm³/mol. The normalized spacial score (nSPS) is 23.8. The Hall–Kier alpha value is -9.02. The number of thioether (sulfide) groups is 2. The number of benzene rings is 4. The summed E-state index contributed by atoms with van der Waals surface area (Å²) in [5, 5.41) is 30.5. The van der Waals surface area contributed by atoms with Crippen molar-refractivity contribution < 1.29 is 61.8 Å². The van der Waals surface area contributed by atoms with Crippen LogP contribution in [0.5, 0.6) is 5.75 Å². The molecule has 524 valence electrons. The molecule has 5 heterocycles. The molecule has 2 saturated heterocycles. The Kier molecular flexibility index (Phi) is 25.4. The maximum absolute atomic E-state index is 15.4. The number of halogens is 2. The first-order chi connectivity index (χ1) is 47.0. The van der Waals surface area contributed by atoms with E-state index in [0.29, 0.717) is 88.0 Å². The summed E-state index contributed by atoms with van der Waals surface area (Å²) >= 11 is 2.86. The van der Waals surface area contributed by atoms with Crippen LogP contribution in [0.15, 0.2) is 97.3 Å². The van der Waals surface area contributed by atoms with Crippen LogP contribution in [0.4, 0.5) is 8.78 Å². The van der Waals surface area contributed by atoms with E-state index >= 15 is 14.4 Å². The van der Waals surface area contributed by atoms with E-state index in [1.165, 1.54) is 81.9 Å². The second-order valence-corrected chi connectivity index (χ2v) is 28.1. The molecule has 0 unspecified atom stereocenters. The molecule has 3 aliphatic rings. The fraction of sp³-hybridized carbons (Fsp3) is 0.457. The van der Waals surface area contributed by atoms with Crippen LogP contribution in [-0.2, 0) is 78.7 Å². The van der Waals surface area contributed by atoms with Crippen molar-refractivity contribution in [2.24, 2.45) is 17.4 Å². The minimum absolute atomic E-state index is 0.0129. The second kappa shape index (κ2) is 34.0. The molecule has 2 fully saturated rings. The van der Waals surface area contributed by atoms with Crippen LogP contribution in [0.3, 0.4) is 0 Å². The van der Waals surface area contributed by atoms with Crippen LogP contribution in [0.25, 0.3) is 21.8 Å². The number of aromatic hydroxyl groups is 1. The van der Waals surface area contributed by atoms with Crippen molar-refractivity contribution >= 4 is 104 Å². The van der Waals surface area contributed by atoms with Crippen LogP contribution >= 0.6 is 23.5 Å². The van der Waals surface area contributed by atoms with E-state index in [1.807, 2.05) is 38.1 Å². The molecule has 0 aliphatic carbocycles. The van der Waals surface area contributed by atoms with Crippen molar-refractivity contribution in [3.8, 4) is 5.75 Å². The lowest BCUT2D eigenvalue weighted by Gasteiger charge is -2.37. The summed E-state index contributed by atoms with van der Waals surface area (Å²) < 4.78 is 29.9. The number of hydrogen-bond acceptors (Lipinski definition) is 14. The summed E-state index contributed by atoms with van der Waals surface area (Å²) in [7, 11) is 0. The maximum atomic E-state index is 15.4. The number of amides is 10. The quantitative estimate of drug-likeness (QED) is 0.0718. The topological polar surface area (TPSA) is 365 Å². The van der Waals surface area contributed by atoms with Crippen molar-refractivity contribution in [3.63, 3.8) is 0 Å². The van der Waals surface area contributed by atoms with Crippen LogP contribution < -0.4 is 48.7 Å². The lowest BCUT2D eigenvalue weighted by atomic mass is 9.95. The summed E-state index contributed by atoms with van der Waals surface area (Å²) in [5.41, 5.74) is 14.4. The summed E-state index contributed by atoms with van der Waals surface area (Å²) in [4.78, 5) is 154. The zero-order valence-corrected chi connectivity index (χ0v) is 56.8. The largest absolute Gasteiger partial charge is 0.508 e. The Labute approximate surface area is 575 Å². The molecule has 14 N–H and O–H groups in total. The standard InChI is InChI=1S/C70H87F2N13O11S2/c1-40(2)27-54-64(91)81-56(29-41-13-17-48(86)18-14-41)68(95)85-25-8-22-70(85,3)69(96)83-58(62(74)89)39-98-38-43-10-6-9-42(28-43)37-97-26-21-60(87)78-53(11-4-5-23-73)63(90)77-36-61(88)79-55(30-44-34-75-51-19-15-46(71)32-49(44)51)65(92)82-57(67(94)84-24-7-12-59(84)66(93)80-54)31-45-35-76-52-20-16-47(72)33-50(45)52/h6,9-10,13-20,28,32-35,40,53-59,75-76,86H,4-5,7-8,11-12,21-27,29-31,36-39,73H2,1-3H3,(H2,74,89)(H,77,90)(H,78,87)(H,79,88)(H,80,93)(H,81,91)(H,82,92)(H,83,96)/t53-,54+,55+,56+,57+,58+,59+,70+/m1/s1. The summed E-state index contributed by atoms with van der Waals surface area (Å²) in [5.74, 6) is -7.11. The Morgan fingerprint density at radius 2 is 1.28 bits per heavy atom. The average molecular weight is 1390 g/mol. The number of hydrogen-bond donors (Lipinski definition) is 12. The Balaban J connectivity index is 1.04. The van der Waals surface area contributed by atoms with E-state index in [9.17, 15) is 47.4 Å². The molecule has 4 aromatic carbocycles. The number of rotatable bonds is 13. The molecule has 98 heavy (non-hydrogen) atoms. The van der Waals surface area contributed by atoms with Crippen LogP contribution in [0.1, 0.15) is 106 Å². The first-order valence-corrected chi connectivity index (χ1v) is 35.5. The number of carbonyl (C=O) groups excluding carboxylic acids is 10. The number of phenols is 1. The molecule has 0 saturated carbocycles. The van der Waals surface area contributed by atoms with E-state index in [4.69, 9.17) is 11.5 Å². The Morgan fingerprint density at radius 1 is 0.663 bits per heavy atom. The lowest BCUT2D eigenvalue weighted by Crippen LogP contribution is -2.63. The van der Waals surface area contributed by atoms with Gasteiger partial charge in [-0.3, -0.25) is 47.9 Å². The number of H-pyrrole nitrogens is 2. The molecule has 9 rings (SSSR count). The van der Waals surface area contributed by atoms with E-state index in [1.54, 1.807) is 31.5 Å². The zero-order valence-electron chi connectivity index (χ0n) is 55.1. The molecular weight excluding hydrogens is 1300 g/mol. The molecule has 24 nitrogen and oxygen atoms in total. The van der Waals surface area contributed by atoms with Crippen LogP contribution in [-0.4, -0.2) is 169 Å². The fourth-order valence-corrected chi connectivity index (χ4v) is 14.8. The monoisotopic (exact) mass is 1390 g/mol. The highest BCUT2D eigenvalue weighted by Crippen LogP contribution is 2.32. The van der Waals surface area contributed by atoms with Crippen molar-refractivity contribution in [2.45, 2.75) is 157 Å². The number of phenolic OH excluding ortho intramolecular Hbond substituents is 1. The van der Waals surface area contributed by atoms with Crippen LogP contribution in [0.2, 0.25) is 0 Å². The Bertz CT molecular complexity index is 3890. The van der Waals surface area contributed by atoms with Gasteiger partial charge in [0.1, 0.15) is 65.2 Å². The van der Waals surface area contributed by atoms with Gasteiger partial charge in [0, 0.05) is 96.0 Å². The number of nitrogens with one attached hydrogen (secondary N) is 9. The molecule has 10 amide bonds. The molecule has 0 spiro atoms. The van der Waals surface area contributed by atoms with E-state index < -0.39 is 125 Å². The van der Waals surface area contributed by atoms with Gasteiger partial charge in [-0.15, -0.1) is 0 Å². The minimum Gasteiger partial charge on any atom is -0.508 e. The fourth-order valence-electron chi connectivity index (χ4n) is 12.8. The summed E-state index contributed by atoms with van der Waals surface area (Å²) in [6, 6.07) is 12.7. The lowest BCUT2D eigenvalue weighted by molar-refractivity contribution is -0.147. The zero-order chi connectivity index (χ0) is 70.2. The highest BCUT2D eigenvalue weighted by Gasteiger charge is 2.49. The molecule has 28 heteroatoms. The van der Waals surface area contributed by atoms with Gasteiger partial charge in [0.2, 0.25) is 59.1 Å². The van der Waals surface area contributed by atoms with Gasteiger partial charge in [0.05, 0.1) is 6.54 Å². The number of nitrogens with two attached hydrogens (primary N) is 2. The number of nitrogens with zero attached hydrogens (tertiary/aromatic N) is 2. The number of carbonyl (C=O) groups is 10. The van der Waals surface area contributed by atoms with Gasteiger partial charge in [-0.05, 0) is 147 Å². The van der Waals surface area contributed by atoms with Gasteiger partial charge >= 0.3 is 0 Å². The first-order valence-electron chi connectivity index (χ1n) is 33.2. The van der Waals surface area contributed by atoms with Crippen molar-refractivity contribution in [1.29, 1.82) is 0 Å². The molecule has 0 radical (unpaired) electrons. The maximum Gasteiger partial charge on any atom is 0.246 e. The van der Waals surface area contributed by atoms with Crippen molar-refractivity contribution in [1.82, 2.24) is 57.0 Å². The second-order valence-electron chi connectivity index (χ2n) is 26.0. The van der Waals surface area contributed by atoms with Crippen molar-refractivity contribution in [3.05, 3.63) is 137 Å². The number of unbranched alkanes of at least 4 members (excludes halogenated alkanes) is 1. The SMILES string of the molecule is CC(C)C[C@@H]1NC(=O)[C@@H]2CCCN2C(=O)[C@H](Cc2c[nH]c3ccc(F)cc23)NC(=O)[C@H](Cc2c[nH]c3ccc(F)cc23)NC(=O)CNC(=O)[C@@H](CCCCN)NC(=O)CCSCc2cccc(c2)CSC[C@@H](C(N)=O)NC(=O)[C@]2(C)CCCN2C(=O)[C@H](Cc2ccc(O)cc2)NC1=O. The molecular formula is C70H87F2N13O11S2. The number of fused-ring (bicyclic) bond motifs is 6. The summed E-state index contributed by atoms with van der Waals surface area (Å²) in [6.07, 6.45) is 4.77. The molecule has 6 aromatic rings. The predicted octanol–water partition coefficient (Wildman–Crippen LogP) is 4.29. The number of aromatic amines is 2. The van der Waals surface area contributed by atoms with E-state index in [0.717, 1.165) is 11.1 Å². The van der Waals surface area contributed by atoms with Gasteiger partial charge < -0.3 is 73.6 Å². The number of primary amides is 1. The highest BCUT2D eigenvalue weighted by molar-refractivity contribution is 7.98. The third kappa shape index (κ3) is 19.2. The first kappa shape index (κ1) is 73.2. The van der Waals surface area contributed by atoms with Gasteiger partial charge in [0.15, 0.2) is 0 Å². The Morgan fingerprint density at radius 3 is 1.92 bits per heavy atom. The van der Waals surface area contributed by atoms with Crippen molar-refractivity contribution in [2.75, 3.05) is 37.7 Å². The van der Waals surface area contributed by atoms with Crippen LogP contribution in [0, 0.1) is 17.6 Å². The third-order valence-corrected chi connectivity index (χ3v) is 20.2. The van der Waals surface area contributed by atoms with Gasteiger partial charge in [-0.2, -0.15) is 23.5 Å². The molecule has 3 aliphatic heterocycles. The van der Waals surface area contributed by atoms with E-state index in [2.05, 4.69) is 47.2 Å². The highest BCUT2D eigenvalue weighted by atomic mass is 32.2. The number of aromatic nitrogens is 2. The molecule has 2 aromatic heterocycles. The van der Waals surface area contributed by atoms with Gasteiger partial charge in [-0.25, -0.2) is 8.78 Å². The molecule has 2 bridgehead atoms.